The average molecular weight is 233 g/mol. The smallest absolute Gasteiger partial charge is 0.254 e. The number of methoxy groups -OCH3 is 1. The number of hydrogen-bond acceptors (Lipinski definition) is 2. The number of carbonyl (C=O) groups excluding carboxylic acids is 1. The Hall–Kier alpha value is -1.51. The number of amides is 1. The first-order valence-electron chi connectivity index (χ1n) is 6.10. The van der Waals surface area contributed by atoms with E-state index in [0.29, 0.717) is 11.6 Å². The van der Waals surface area contributed by atoms with E-state index in [2.05, 4.69) is 13.8 Å². The van der Waals surface area contributed by atoms with Gasteiger partial charge in [-0.2, -0.15) is 0 Å². The van der Waals surface area contributed by atoms with Gasteiger partial charge in [-0.25, -0.2) is 0 Å². The second kappa shape index (κ2) is 4.78. The van der Waals surface area contributed by atoms with Crippen molar-refractivity contribution in [3.05, 3.63) is 29.8 Å². The summed E-state index contributed by atoms with van der Waals surface area (Å²) in [6.45, 7) is 4.13. The molecule has 1 aromatic carbocycles. The minimum atomic E-state index is 0.112. The summed E-state index contributed by atoms with van der Waals surface area (Å²) in [6.07, 6.45) is 2.27. The highest BCUT2D eigenvalue weighted by Gasteiger charge is 2.34. The summed E-state index contributed by atoms with van der Waals surface area (Å²) in [5, 5.41) is 0. The number of hydrogen-bond donors (Lipinski definition) is 0. The van der Waals surface area contributed by atoms with E-state index in [-0.39, 0.29) is 11.9 Å². The zero-order valence-corrected chi connectivity index (χ0v) is 10.6. The molecule has 0 spiro atoms. The first-order chi connectivity index (χ1) is 8.13. The van der Waals surface area contributed by atoms with Gasteiger partial charge in [-0.15, -0.1) is 0 Å². The van der Waals surface area contributed by atoms with Crippen LogP contribution in [0.15, 0.2) is 24.3 Å². The third-order valence-electron chi connectivity index (χ3n) is 3.05. The van der Waals surface area contributed by atoms with Crippen LogP contribution in [-0.2, 0) is 0 Å². The van der Waals surface area contributed by atoms with E-state index < -0.39 is 0 Å². The van der Waals surface area contributed by atoms with Gasteiger partial charge >= 0.3 is 0 Å². The predicted molar refractivity (Wildman–Crippen MR) is 67.3 cm³/mol. The summed E-state index contributed by atoms with van der Waals surface area (Å²) in [5.41, 5.74) is 0.713. The monoisotopic (exact) mass is 233 g/mol. The van der Waals surface area contributed by atoms with Gasteiger partial charge in [0.25, 0.3) is 5.91 Å². The lowest BCUT2D eigenvalue weighted by Gasteiger charge is -2.26. The van der Waals surface area contributed by atoms with Gasteiger partial charge in [0.1, 0.15) is 5.75 Å². The predicted octanol–water partition coefficient (Wildman–Crippen LogP) is 2.71. The summed E-state index contributed by atoms with van der Waals surface area (Å²) in [4.78, 5) is 14.4. The summed E-state index contributed by atoms with van der Waals surface area (Å²) in [7, 11) is 1.62. The van der Waals surface area contributed by atoms with Crippen LogP contribution < -0.4 is 4.74 Å². The van der Waals surface area contributed by atoms with Gasteiger partial charge in [-0.1, -0.05) is 6.07 Å². The van der Waals surface area contributed by atoms with Crippen molar-refractivity contribution in [1.82, 2.24) is 4.90 Å². The third-order valence-corrected chi connectivity index (χ3v) is 3.05. The molecule has 0 atom stereocenters. The molecule has 0 bridgehead atoms. The fraction of sp³-hybridized carbons (Fsp3) is 0.500. The van der Waals surface area contributed by atoms with Gasteiger partial charge in [0.2, 0.25) is 0 Å². The van der Waals surface area contributed by atoms with Crippen LogP contribution in [-0.4, -0.2) is 30.0 Å². The van der Waals surface area contributed by atoms with Crippen LogP contribution in [0.4, 0.5) is 0 Å². The van der Waals surface area contributed by atoms with Crippen molar-refractivity contribution in [3.8, 4) is 5.75 Å². The highest BCUT2D eigenvalue weighted by molar-refractivity contribution is 5.95. The number of rotatable bonds is 4. The maximum Gasteiger partial charge on any atom is 0.254 e. The molecule has 92 valence electrons. The van der Waals surface area contributed by atoms with E-state index in [1.54, 1.807) is 13.2 Å². The highest BCUT2D eigenvalue weighted by Crippen LogP contribution is 2.30. The molecule has 0 aromatic heterocycles. The van der Waals surface area contributed by atoms with Gasteiger partial charge in [-0.05, 0) is 44.9 Å². The van der Waals surface area contributed by atoms with Crippen molar-refractivity contribution in [1.29, 1.82) is 0 Å². The quantitative estimate of drug-likeness (QED) is 0.800. The lowest BCUT2D eigenvalue weighted by molar-refractivity contribution is 0.0690. The zero-order valence-electron chi connectivity index (χ0n) is 10.6. The molecule has 0 aliphatic heterocycles. The van der Waals surface area contributed by atoms with Crippen molar-refractivity contribution in [2.75, 3.05) is 7.11 Å². The first-order valence-corrected chi connectivity index (χ1v) is 6.10. The first kappa shape index (κ1) is 12.0. The second-order valence-corrected chi connectivity index (χ2v) is 4.77. The van der Waals surface area contributed by atoms with Crippen molar-refractivity contribution in [2.24, 2.45) is 0 Å². The standard InChI is InChI=1S/C14H19NO2/c1-10(2)15(12-7-8-12)14(16)11-5-4-6-13(9-11)17-3/h4-6,9-10,12H,7-8H2,1-3H3. The number of nitrogens with zero attached hydrogens (tertiary/aromatic N) is 1. The van der Waals surface area contributed by atoms with Crippen LogP contribution in [0.5, 0.6) is 5.75 Å². The number of ether oxygens (including phenoxy) is 1. The molecule has 0 N–H and O–H groups in total. The SMILES string of the molecule is COc1cccc(C(=O)N(C(C)C)C2CC2)c1. The minimum Gasteiger partial charge on any atom is -0.497 e. The fourth-order valence-electron chi connectivity index (χ4n) is 2.08. The molecule has 0 radical (unpaired) electrons. The van der Waals surface area contributed by atoms with Crippen LogP contribution in [0.1, 0.15) is 37.0 Å². The molecule has 3 nitrogen and oxygen atoms in total. The maximum absolute atomic E-state index is 12.4. The van der Waals surface area contributed by atoms with Crippen LogP contribution in [0.25, 0.3) is 0 Å². The van der Waals surface area contributed by atoms with Crippen molar-refractivity contribution < 1.29 is 9.53 Å². The molecule has 1 amide bonds. The molecule has 0 heterocycles. The van der Waals surface area contributed by atoms with Gasteiger partial charge in [0, 0.05) is 17.6 Å². The molecule has 1 saturated carbocycles. The van der Waals surface area contributed by atoms with Crippen LogP contribution in [0.3, 0.4) is 0 Å². The molecule has 2 rings (SSSR count). The molecule has 1 aliphatic carbocycles. The Labute approximate surface area is 102 Å². The van der Waals surface area contributed by atoms with E-state index >= 15 is 0 Å². The Morgan fingerprint density at radius 1 is 1.41 bits per heavy atom. The summed E-state index contributed by atoms with van der Waals surface area (Å²) in [6, 6.07) is 8.06. The van der Waals surface area contributed by atoms with Gasteiger partial charge in [0.05, 0.1) is 7.11 Å². The maximum atomic E-state index is 12.4. The molecular formula is C14H19NO2. The Balaban J connectivity index is 2.22. The largest absolute Gasteiger partial charge is 0.497 e. The molecular weight excluding hydrogens is 214 g/mol. The topological polar surface area (TPSA) is 29.5 Å². The van der Waals surface area contributed by atoms with Crippen LogP contribution in [0.2, 0.25) is 0 Å². The van der Waals surface area contributed by atoms with Gasteiger partial charge < -0.3 is 9.64 Å². The van der Waals surface area contributed by atoms with Crippen LogP contribution in [0, 0.1) is 0 Å². The molecule has 0 unspecified atom stereocenters. The molecule has 1 aromatic rings. The van der Waals surface area contributed by atoms with Crippen LogP contribution >= 0.6 is 0 Å². The van der Waals surface area contributed by atoms with Crippen molar-refractivity contribution >= 4 is 5.91 Å². The van der Waals surface area contributed by atoms with E-state index in [4.69, 9.17) is 4.74 Å². The lowest BCUT2D eigenvalue weighted by Crippen LogP contribution is -2.38. The fourth-order valence-corrected chi connectivity index (χ4v) is 2.08. The van der Waals surface area contributed by atoms with Crippen molar-refractivity contribution in [2.45, 2.75) is 38.8 Å². The summed E-state index contributed by atoms with van der Waals surface area (Å²) < 4.78 is 5.15. The zero-order chi connectivity index (χ0) is 12.4. The Kier molecular flexibility index (Phi) is 3.36. The third kappa shape index (κ3) is 2.60. The van der Waals surface area contributed by atoms with E-state index in [1.807, 2.05) is 23.1 Å². The number of carbonyl (C=O) groups is 1. The summed E-state index contributed by atoms with van der Waals surface area (Å²) in [5.74, 6) is 0.844. The lowest BCUT2D eigenvalue weighted by atomic mass is 10.1. The molecule has 17 heavy (non-hydrogen) atoms. The van der Waals surface area contributed by atoms with E-state index in [1.165, 1.54) is 0 Å². The van der Waals surface area contributed by atoms with Crippen molar-refractivity contribution in [3.63, 3.8) is 0 Å². The molecule has 3 heteroatoms. The highest BCUT2D eigenvalue weighted by atomic mass is 16.5. The Bertz CT molecular complexity index is 408. The summed E-state index contributed by atoms with van der Waals surface area (Å²) >= 11 is 0. The van der Waals surface area contributed by atoms with E-state index in [0.717, 1.165) is 18.6 Å². The van der Waals surface area contributed by atoms with Gasteiger partial charge in [0.15, 0.2) is 0 Å². The van der Waals surface area contributed by atoms with Gasteiger partial charge in [-0.3, -0.25) is 4.79 Å². The molecule has 1 fully saturated rings. The van der Waals surface area contributed by atoms with E-state index in [9.17, 15) is 4.79 Å². The Morgan fingerprint density at radius 2 is 2.12 bits per heavy atom. The second-order valence-electron chi connectivity index (χ2n) is 4.77. The Morgan fingerprint density at radius 3 is 2.65 bits per heavy atom. The molecule has 0 saturated heterocycles. The normalized spacial score (nSPS) is 14.8. The average Bonchev–Trinajstić information content (AvgIpc) is 3.13. The molecule has 1 aliphatic rings. The minimum absolute atomic E-state index is 0.112. The number of benzene rings is 1.